The number of rotatable bonds is 9. The van der Waals surface area contributed by atoms with Crippen LogP contribution in [0, 0.1) is 5.92 Å². The van der Waals surface area contributed by atoms with Crippen LogP contribution in [-0.2, 0) is 4.79 Å². The average Bonchev–Trinajstić information content (AvgIpc) is 2.23. The summed E-state index contributed by atoms with van der Waals surface area (Å²) >= 11 is 0. The lowest BCUT2D eigenvalue weighted by Crippen LogP contribution is -2.41. The maximum atomic E-state index is 11.5. The van der Waals surface area contributed by atoms with Gasteiger partial charge in [-0.2, -0.15) is 0 Å². The Balaban J connectivity index is 3.52. The van der Waals surface area contributed by atoms with Crippen LogP contribution in [-0.4, -0.2) is 29.7 Å². The zero-order valence-corrected chi connectivity index (χ0v) is 11.7. The molecule has 0 aromatic rings. The Morgan fingerprint density at radius 3 is 2.33 bits per heavy atom. The van der Waals surface area contributed by atoms with Gasteiger partial charge < -0.3 is 15.7 Å². The van der Waals surface area contributed by atoms with Crippen LogP contribution in [0.2, 0.25) is 0 Å². The molecule has 0 bridgehead atoms. The van der Waals surface area contributed by atoms with E-state index >= 15 is 0 Å². The van der Waals surface area contributed by atoms with Crippen molar-refractivity contribution in [2.45, 2.75) is 58.9 Å². The first-order chi connectivity index (χ1) is 8.41. The summed E-state index contributed by atoms with van der Waals surface area (Å²) in [6.45, 7) is 6.89. The van der Waals surface area contributed by atoms with Gasteiger partial charge in [-0.3, -0.25) is 4.79 Å². The van der Waals surface area contributed by atoms with Crippen LogP contribution in [0.3, 0.4) is 0 Å². The first kappa shape index (κ1) is 16.7. The number of nitrogens with one attached hydrogen (secondary N) is 2. The number of carboxylic acids is 1. The van der Waals surface area contributed by atoms with Gasteiger partial charge >= 0.3 is 12.0 Å². The third-order valence-electron chi connectivity index (χ3n) is 2.65. The molecule has 5 nitrogen and oxygen atoms in total. The fourth-order valence-electron chi connectivity index (χ4n) is 1.62. The van der Waals surface area contributed by atoms with Gasteiger partial charge in [0.1, 0.15) is 0 Å². The van der Waals surface area contributed by atoms with Crippen LogP contribution in [0.4, 0.5) is 4.79 Å². The second kappa shape index (κ2) is 9.74. The lowest BCUT2D eigenvalue weighted by Gasteiger charge is -2.14. The molecule has 0 saturated carbocycles. The summed E-state index contributed by atoms with van der Waals surface area (Å²) in [4.78, 5) is 21.8. The predicted molar refractivity (Wildman–Crippen MR) is 71.6 cm³/mol. The Hall–Kier alpha value is -1.26. The number of carbonyl (C=O) groups is 2. The second-order valence-corrected chi connectivity index (χ2v) is 5.12. The number of urea groups is 1. The van der Waals surface area contributed by atoms with Gasteiger partial charge in [-0.1, -0.05) is 13.8 Å². The van der Waals surface area contributed by atoms with Crippen molar-refractivity contribution >= 4 is 12.0 Å². The minimum Gasteiger partial charge on any atom is -0.481 e. The highest BCUT2D eigenvalue weighted by molar-refractivity contribution is 5.74. The van der Waals surface area contributed by atoms with Gasteiger partial charge in [0.25, 0.3) is 0 Å². The van der Waals surface area contributed by atoms with Gasteiger partial charge in [0, 0.05) is 19.0 Å². The highest BCUT2D eigenvalue weighted by Gasteiger charge is 2.07. The lowest BCUT2D eigenvalue weighted by atomic mass is 10.1. The third-order valence-corrected chi connectivity index (χ3v) is 2.65. The molecule has 1 atom stereocenters. The number of hydrogen-bond donors (Lipinski definition) is 3. The number of hydrogen-bond acceptors (Lipinski definition) is 2. The van der Waals surface area contributed by atoms with Crippen molar-refractivity contribution in [2.24, 2.45) is 5.92 Å². The summed E-state index contributed by atoms with van der Waals surface area (Å²) in [7, 11) is 0. The van der Waals surface area contributed by atoms with Crippen molar-refractivity contribution in [1.29, 1.82) is 0 Å². The van der Waals surface area contributed by atoms with Gasteiger partial charge in [0.15, 0.2) is 0 Å². The van der Waals surface area contributed by atoms with Crippen LogP contribution in [0.5, 0.6) is 0 Å². The number of carbonyl (C=O) groups excluding carboxylic acids is 1. The number of carboxylic acid groups (broad SMARTS) is 1. The fourth-order valence-corrected chi connectivity index (χ4v) is 1.62. The van der Waals surface area contributed by atoms with Crippen molar-refractivity contribution < 1.29 is 14.7 Å². The molecule has 0 saturated heterocycles. The SMILES string of the molecule is CC(C)CCCNC(=O)NC(C)CCCC(=O)O. The minimum absolute atomic E-state index is 0.00875. The molecule has 0 heterocycles. The molecule has 3 N–H and O–H groups in total. The largest absolute Gasteiger partial charge is 0.481 e. The zero-order chi connectivity index (χ0) is 14.0. The molecule has 0 aliphatic carbocycles. The molecule has 0 aliphatic rings. The summed E-state index contributed by atoms with van der Waals surface area (Å²) in [5.74, 6) is -0.134. The molecule has 18 heavy (non-hydrogen) atoms. The monoisotopic (exact) mass is 258 g/mol. The van der Waals surface area contributed by atoms with Crippen LogP contribution < -0.4 is 10.6 Å². The van der Waals surface area contributed by atoms with Gasteiger partial charge in [0.2, 0.25) is 0 Å². The van der Waals surface area contributed by atoms with E-state index in [9.17, 15) is 9.59 Å². The fraction of sp³-hybridized carbons (Fsp3) is 0.846. The van der Waals surface area contributed by atoms with Gasteiger partial charge in [0.05, 0.1) is 0 Å². The molecule has 2 amide bonds. The Kier molecular flexibility index (Phi) is 9.06. The summed E-state index contributed by atoms with van der Waals surface area (Å²) in [5, 5.41) is 14.1. The van der Waals surface area contributed by atoms with Crippen molar-refractivity contribution in [3.05, 3.63) is 0 Å². The molecule has 0 aromatic carbocycles. The van der Waals surface area contributed by atoms with E-state index in [0.29, 0.717) is 25.3 Å². The highest BCUT2D eigenvalue weighted by Crippen LogP contribution is 2.02. The molecule has 0 spiro atoms. The van der Waals surface area contributed by atoms with Gasteiger partial charge in [-0.25, -0.2) is 4.79 Å². The molecular formula is C13H26N2O3. The molecule has 0 aliphatic heterocycles. The van der Waals surface area contributed by atoms with E-state index < -0.39 is 5.97 Å². The first-order valence-corrected chi connectivity index (χ1v) is 6.68. The van der Waals surface area contributed by atoms with E-state index in [4.69, 9.17) is 5.11 Å². The van der Waals surface area contributed by atoms with Gasteiger partial charge in [-0.05, 0) is 38.5 Å². The number of amides is 2. The topological polar surface area (TPSA) is 78.4 Å². The Labute approximate surface area is 109 Å². The lowest BCUT2D eigenvalue weighted by molar-refractivity contribution is -0.137. The first-order valence-electron chi connectivity index (χ1n) is 6.68. The normalized spacial score (nSPS) is 12.2. The second-order valence-electron chi connectivity index (χ2n) is 5.12. The van der Waals surface area contributed by atoms with Crippen molar-refractivity contribution in [3.8, 4) is 0 Å². The van der Waals surface area contributed by atoms with E-state index in [1.165, 1.54) is 0 Å². The summed E-state index contributed by atoms with van der Waals surface area (Å²) < 4.78 is 0. The molecule has 0 fully saturated rings. The molecule has 0 rings (SSSR count). The Bertz CT molecular complexity index is 255. The van der Waals surface area contributed by atoms with Crippen LogP contribution >= 0.6 is 0 Å². The zero-order valence-electron chi connectivity index (χ0n) is 11.7. The maximum absolute atomic E-state index is 11.5. The van der Waals surface area contributed by atoms with E-state index in [1.54, 1.807) is 0 Å². The van der Waals surface area contributed by atoms with E-state index in [2.05, 4.69) is 24.5 Å². The molecule has 0 radical (unpaired) electrons. The van der Waals surface area contributed by atoms with Crippen molar-refractivity contribution in [1.82, 2.24) is 10.6 Å². The predicted octanol–water partition coefficient (Wildman–Crippen LogP) is 2.37. The quantitative estimate of drug-likeness (QED) is 0.555. The maximum Gasteiger partial charge on any atom is 0.314 e. The third kappa shape index (κ3) is 11.2. The van der Waals surface area contributed by atoms with Crippen molar-refractivity contribution in [2.75, 3.05) is 6.54 Å². The molecule has 1 unspecified atom stereocenters. The van der Waals surface area contributed by atoms with Crippen LogP contribution in [0.15, 0.2) is 0 Å². The average molecular weight is 258 g/mol. The highest BCUT2D eigenvalue weighted by atomic mass is 16.4. The van der Waals surface area contributed by atoms with Crippen LogP contribution in [0.25, 0.3) is 0 Å². The Morgan fingerprint density at radius 2 is 1.78 bits per heavy atom. The van der Waals surface area contributed by atoms with Gasteiger partial charge in [-0.15, -0.1) is 0 Å². The van der Waals surface area contributed by atoms with E-state index in [0.717, 1.165) is 12.8 Å². The molecular weight excluding hydrogens is 232 g/mol. The molecule has 0 aromatic heterocycles. The van der Waals surface area contributed by atoms with Crippen molar-refractivity contribution in [3.63, 3.8) is 0 Å². The summed E-state index contributed by atoms with van der Waals surface area (Å²) in [6.07, 6.45) is 3.52. The standard InChI is InChI=1S/C13H26N2O3/c1-10(2)6-5-9-14-13(18)15-11(3)7-4-8-12(16)17/h10-11H,4-9H2,1-3H3,(H,16,17)(H2,14,15,18). The van der Waals surface area contributed by atoms with Crippen LogP contribution in [0.1, 0.15) is 52.9 Å². The Morgan fingerprint density at radius 1 is 1.11 bits per heavy atom. The molecule has 106 valence electrons. The summed E-state index contributed by atoms with van der Waals surface area (Å²) in [5.41, 5.74) is 0. The minimum atomic E-state index is -0.791. The summed E-state index contributed by atoms with van der Waals surface area (Å²) in [6, 6.07) is -0.156. The smallest absolute Gasteiger partial charge is 0.314 e. The van der Waals surface area contributed by atoms with E-state index in [-0.39, 0.29) is 18.5 Å². The molecule has 5 heteroatoms. The number of aliphatic carboxylic acids is 1. The van der Waals surface area contributed by atoms with E-state index in [1.807, 2.05) is 6.92 Å².